The van der Waals surface area contributed by atoms with Crippen molar-refractivity contribution in [2.45, 2.75) is 19.4 Å². The average molecular weight is 363 g/mol. The van der Waals surface area contributed by atoms with Crippen LogP contribution in [0.4, 0.5) is 0 Å². The number of nitrogens with one attached hydrogen (secondary N) is 1. The molecule has 0 radical (unpaired) electrons. The predicted molar refractivity (Wildman–Crippen MR) is 107 cm³/mol. The molecule has 0 saturated carbocycles. The first kappa shape index (κ1) is 20.5. The Labute approximate surface area is 158 Å². The van der Waals surface area contributed by atoms with Crippen LogP contribution in [-0.4, -0.2) is 76.9 Å². The Hall–Kier alpha value is -1.79. The van der Waals surface area contributed by atoms with Crippen LogP contribution in [0.1, 0.15) is 24.9 Å². The number of rotatable bonds is 8. The highest BCUT2D eigenvalue weighted by Crippen LogP contribution is 2.22. The van der Waals surface area contributed by atoms with Crippen molar-refractivity contribution in [3.8, 4) is 5.75 Å². The highest BCUT2D eigenvalue weighted by molar-refractivity contribution is 5.79. The van der Waals surface area contributed by atoms with Crippen LogP contribution >= 0.6 is 0 Å². The molecule has 0 aliphatic carbocycles. The molecule has 1 aromatic rings. The quantitative estimate of drug-likeness (QED) is 0.568. The first-order chi connectivity index (χ1) is 12.5. The van der Waals surface area contributed by atoms with Crippen LogP contribution in [0, 0.1) is 5.92 Å². The molecule has 2 unspecified atom stereocenters. The van der Waals surface area contributed by atoms with Crippen molar-refractivity contribution in [3.05, 3.63) is 29.8 Å². The van der Waals surface area contributed by atoms with Gasteiger partial charge in [0.25, 0.3) is 0 Å². The first-order valence-electron chi connectivity index (χ1n) is 9.42. The highest BCUT2D eigenvalue weighted by atomic mass is 16.5. The summed E-state index contributed by atoms with van der Waals surface area (Å²) in [6, 6.07) is 8.47. The third kappa shape index (κ3) is 5.88. The van der Waals surface area contributed by atoms with Crippen LogP contribution in [0.25, 0.3) is 0 Å². The maximum atomic E-state index is 5.50. The van der Waals surface area contributed by atoms with Crippen LogP contribution in [0.15, 0.2) is 29.3 Å². The summed E-state index contributed by atoms with van der Waals surface area (Å²) in [5.74, 6) is 2.43. The van der Waals surface area contributed by atoms with Gasteiger partial charge in [-0.1, -0.05) is 12.1 Å². The highest BCUT2D eigenvalue weighted by Gasteiger charge is 2.20. The van der Waals surface area contributed by atoms with Crippen molar-refractivity contribution in [2.75, 3.05) is 61.1 Å². The minimum Gasteiger partial charge on any atom is -0.497 e. The summed E-state index contributed by atoms with van der Waals surface area (Å²) in [6.45, 7) is 6.38. The normalized spacial score (nSPS) is 18.8. The molecule has 1 aromatic carbocycles. The Morgan fingerprint density at radius 2 is 2.04 bits per heavy atom. The topological polar surface area (TPSA) is 49.3 Å². The van der Waals surface area contributed by atoms with Crippen molar-refractivity contribution in [1.29, 1.82) is 0 Å². The third-order valence-electron chi connectivity index (χ3n) is 4.79. The summed E-state index contributed by atoms with van der Waals surface area (Å²) in [5, 5.41) is 3.42. The summed E-state index contributed by atoms with van der Waals surface area (Å²) < 4.78 is 10.8. The van der Waals surface area contributed by atoms with Gasteiger partial charge in [0.15, 0.2) is 5.96 Å². The molecule has 0 bridgehead atoms. The Bertz CT molecular complexity index is 553. The molecule has 146 valence electrons. The molecule has 1 saturated heterocycles. The van der Waals surface area contributed by atoms with Crippen molar-refractivity contribution in [2.24, 2.45) is 10.9 Å². The maximum absolute atomic E-state index is 5.50. The van der Waals surface area contributed by atoms with Crippen molar-refractivity contribution in [3.63, 3.8) is 0 Å². The molecule has 0 aromatic heterocycles. The minimum absolute atomic E-state index is 0.220. The summed E-state index contributed by atoms with van der Waals surface area (Å²) >= 11 is 0. The molecular weight excluding hydrogens is 328 g/mol. The Morgan fingerprint density at radius 1 is 1.31 bits per heavy atom. The maximum Gasteiger partial charge on any atom is 0.193 e. The van der Waals surface area contributed by atoms with Gasteiger partial charge in [-0.05, 0) is 45.1 Å². The summed E-state index contributed by atoms with van der Waals surface area (Å²) in [7, 11) is 7.99. The van der Waals surface area contributed by atoms with Crippen LogP contribution in [0.5, 0.6) is 5.75 Å². The molecule has 2 rings (SSSR count). The monoisotopic (exact) mass is 362 g/mol. The van der Waals surface area contributed by atoms with E-state index >= 15 is 0 Å². The molecule has 0 spiro atoms. The van der Waals surface area contributed by atoms with E-state index in [-0.39, 0.29) is 6.04 Å². The van der Waals surface area contributed by atoms with Crippen molar-refractivity contribution < 1.29 is 9.47 Å². The predicted octanol–water partition coefficient (Wildman–Crippen LogP) is 2.23. The van der Waals surface area contributed by atoms with Gasteiger partial charge in [-0.15, -0.1) is 0 Å². The number of ether oxygens (including phenoxy) is 2. The number of nitrogens with zero attached hydrogens (tertiary/aromatic N) is 3. The fourth-order valence-corrected chi connectivity index (χ4v) is 3.24. The molecule has 1 aliphatic rings. The van der Waals surface area contributed by atoms with Gasteiger partial charge in [0.05, 0.1) is 26.3 Å². The van der Waals surface area contributed by atoms with Gasteiger partial charge in [-0.3, -0.25) is 4.99 Å². The molecule has 26 heavy (non-hydrogen) atoms. The van der Waals surface area contributed by atoms with Gasteiger partial charge >= 0.3 is 0 Å². The van der Waals surface area contributed by atoms with Crippen LogP contribution < -0.4 is 10.1 Å². The molecule has 0 amide bonds. The Balaban J connectivity index is 2.07. The van der Waals surface area contributed by atoms with E-state index in [2.05, 4.69) is 55.3 Å². The van der Waals surface area contributed by atoms with E-state index in [1.807, 2.05) is 12.1 Å². The lowest BCUT2D eigenvalue weighted by Crippen LogP contribution is -2.42. The molecule has 2 atom stereocenters. The number of aliphatic imine (C=N–C) groups is 1. The summed E-state index contributed by atoms with van der Waals surface area (Å²) in [4.78, 5) is 9.35. The molecule has 1 N–H and O–H groups in total. The van der Waals surface area contributed by atoms with Gasteiger partial charge in [-0.25, -0.2) is 0 Å². The van der Waals surface area contributed by atoms with Crippen molar-refractivity contribution in [1.82, 2.24) is 15.1 Å². The lowest BCUT2D eigenvalue weighted by molar-refractivity contribution is 0.181. The van der Waals surface area contributed by atoms with Crippen LogP contribution in [-0.2, 0) is 4.74 Å². The first-order valence-corrected chi connectivity index (χ1v) is 9.42. The van der Waals surface area contributed by atoms with Gasteiger partial charge in [-0.2, -0.15) is 0 Å². The Kier molecular flexibility index (Phi) is 8.19. The SMILES string of the molecule is CCNC(=NCC(c1ccc(OC)cc1)N(C)C)N(C)CC1CCOC1. The van der Waals surface area contributed by atoms with E-state index in [4.69, 9.17) is 14.5 Å². The number of benzene rings is 1. The van der Waals surface area contributed by atoms with Gasteiger partial charge < -0.3 is 24.6 Å². The molecular formula is C20H34N4O2. The summed E-state index contributed by atoms with van der Waals surface area (Å²) in [6.07, 6.45) is 1.13. The fraction of sp³-hybridized carbons (Fsp3) is 0.650. The number of methoxy groups -OCH3 is 1. The lowest BCUT2D eigenvalue weighted by Gasteiger charge is -2.27. The molecule has 1 fully saturated rings. The number of likely N-dealkylation sites (N-methyl/N-ethyl adjacent to an activating group) is 1. The van der Waals surface area contributed by atoms with Gasteiger partial charge in [0.2, 0.25) is 0 Å². The minimum atomic E-state index is 0.220. The van der Waals surface area contributed by atoms with Gasteiger partial charge in [0, 0.05) is 32.7 Å². The number of guanidine groups is 1. The van der Waals surface area contributed by atoms with E-state index in [0.717, 1.165) is 44.4 Å². The largest absolute Gasteiger partial charge is 0.497 e. The second-order valence-electron chi connectivity index (χ2n) is 7.06. The third-order valence-corrected chi connectivity index (χ3v) is 4.79. The second-order valence-corrected chi connectivity index (χ2v) is 7.06. The molecule has 6 nitrogen and oxygen atoms in total. The second kappa shape index (κ2) is 10.4. The molecule has 1 heterocycles. The van der Waals surface area contributed by atoms with E-state index in [9.17, 15) is 0 Å². The zero-order chi connectivity index (χ0) is 18.9. The van der Waals surface area contributed by atoms with E-state index in [1.165, 1.54) is 5.56 Å². The lowest BCUT2D eigenvalue weighted by atomic mass is 10.1. The zero-order valence-corrected chi connectivity index (χ0v) is 16.9. The molecule has 6 heteroatoms. The van der Waals surface area contributed by atoms with Crippen LogP contribution in [0.2, 0.25) is 0 Å². The van der Waals surface area contributed by atoms with E-state index < -0.39 is 0 Å². The average Bonchev–Trinajstić information content (AvgIpc) is 3.14. The van der Waals surface area contributed by atoms with Crippen LogP contribution in [0.3, 0.4) is 0 Å². The van der Waals surface area contributed by atoms with E-state index in [1.54, 1.807) is 7.11 Å². The molecule has 1 aliphatic heterocycles. The zero-order valence-electron chi connectivity index (χ0n) is 16.9. The number of hydrogen-bond acceptors (Lipinski definition) is 4. The summed E-state index contributed by atoms with van der Waals surface area (Å²) in [5.41, 5.74) is 1.24. The van der Waals surface area contributed by atoms with E-state index in [0.29, 0.717) is 12.5 Å². The number of hydrogen-bond donors (Lipinski definition) is 1. The smallest absolute Gasteiger partial charge is 0.193 e. The van der Waals surface area contributed by atoms with Gasteiger partial charge in [0.1, 0.15) is 5.75 Å². The van der Waals surface area contributed by atoms with Crippen molar-refractivity contribution >= 4 is 5.96 Å². The Morgan fingerprint density at radius 3 is 2.58 bits per heavy atom. The fourth-order valence-electron chi connectivity index (χ4n) is 3.24. The standard InChI is InChI=1S/C20H34N4O2/c1-6-21-20(24(4)14-16-11-12-26-15-16)22-13-19(23(2)3)17-7-9-18(25-5)10-8-17/h7-10,16,19H,6,11-15H2,1-5H3,(H,21,22).